The van der Waals surface area contributed by atoms with Gasteiger partial charge in [0.05, 0.1) is 11.7 Å². The van der Waals surface area contributed by atoms with E-state index in [1.807, 2.05) is 49.0 Å². The van der Waals surface area contributed by atoms with Crippen molar-refractivity contribution >= 4 is 5.65 Å². The lowest BCUT2D eigenvalue weighted by molar-refractivity contribution is 0.415. The lowest BCUT2D eigenvalue weighted by atomic mass is 10.2. The highest BCUT2D eigenvalue weighted by molar-refractivity contribution is 5.38. The van der Waals surface area contributed by atoms with Gasteiger partial charge < -0.3 is 9.73 Å². The van der Waals surface area contributed by atoms with E-state index in [4.69, 9.17) is 4.42 Å². The fourth-order valence-electron chi connectivity index (χ4n) is 2.18. The Balaban J connectivity index is 1.70. The van der Waals surface area contributed by atoms with E-state index in [9.17, 15) is 0 Å². The minimum absolute atomic E-state index is 0.166. The first-order valence-electron chi connectivity index (χ1n) is 6.72. The molecule has 3 rings (SSSR count). The summed E-state index contributed by atoms with van der Waals surface area (Å²) >= 11 is 0. The largest absolute Gasteiger partial charge is 0.465 e. The van der Waals surface area contributed by atoms with E-state index in [-0.39, 0.29) is 6.04 Å². The Morgan fingerprint density at radius 1 is 1.35 bits per heavy atom. The van der Waals surface area contributed by atoms with Crippen LogP contribution in [0.3, 0.4) is 0 Å². The number of hydrogen-bond acceptors (Lipinski definition) is 4. The number of nitrogens with zero attached hydrogens (tertiary/aromatic N) is 3. The van der Waals surface area contributed by atoms with Crippen molar-refractivity contribution in [3.63, 3.8) is 0 Å². The van der Waals surface area contributed by atoms with E-state index < -0.39 is 0 Å². The third-order valence-electron chi connectivity index (χ3n) is 3.29. The monoisotopic (exact) mass is 270 g/mol. The highest BCUT2D eigenvalue weighted by atomic mass is 16.3. The molecular weight excluding hydrogens is 252 g/mol. The van der Waals surface area contributed by atoms with Gasteiger partial charge in [-0.15, -0.1) is 0 Å². The van der Waals surface area contributed by atoms with Gasteiger partial charge in [0.2, 0.25) is 0 Å². The van der Waals surface area contributed by atoms with Crippen molar-refractivity contribution in [3.8, 4) is 0 Å². The smallest absolute Gasteiger partial charge is 0.155 e. The molecule has 1 N–H and O–H groups in total. The SMILES string of the molecule is Cc1cc2ncc(CNC(C)c3ccc(C)o3)cn2n1. The standard InChI is InChI=1S/C15H18N4O/c1-10-6-15-17-8-13(9-19(15)18-10)7-16-12(3)14-5-4-11(2)20-14/h4-6,8-9,12,16H,7H2,1-3H3. The first kappa shape index (κ1) is 12.9. The molecular formula is C15H18N4O. The Labute approximate surface area is 117 Å². The van der Waals surface area contributed by atoms with Gasteiger partial charge in [-0.2, -0.15) is 5.10 Å². The Kier molecular flexibility index (Phi) is 3.28. The fourth-order valence-corrected chi connectivity index (χ4v) is 2.18. The summed E-state index contributed by atoms with van der Waals surface area (Å²) in [5.74, 6) is 1.88. The van der Waals surface area contributed by atoms with Crippen LogP contribution in [0, 0.1) is 13.8 Å². The van der Waals surface area contributed by atoms with Crippen molar-refractivity contribution in [2.24, 2.45) is 0 Å². The lowest BCUT2D eigenvalue weighted by Crippen LogP contribution is -2.18. The predicted molar refractivity (Wildman–Crippen MR) is 76.4 cm³/mol. The number of aromatic nitrogens is 3. The number of nitrogens with one attached hydrogen (secondary N) is 1. The van der Waals surface area contributed by atoms with Gasteiger partial charge in [-0.25, -0.2) is 9.50 Å². The van der Waals surface area contributed by atoms with E-state index in [2.05, 4.69) is 22.3 Å². The average Bonchev–Trinajstić information content (AvgIpc) is 3.00. The van der Waals surface area contributed by atoms with E-state index >= 15 is 0 Å². The van der Waals surface area contributed by atoms with E-state index in [0.717, 1.165) is 35.0 Å². The summed E-state index contributed by atoms with van der Waals surface area (Å²) < 4.78 is 7.43. The van der Waals surface area contributed by atoms with Crippen LogP contribution in [-0.4, -0.2) is 14.6 Å². The van der Waals surface area contributed by atoms with Crippen LogP contribution in [0.4, 0.5) is 0 Å². The van der Waals surface area contributed by atoms with E-state index in [1.165, 1.54) is 0 Å². The molecule has 0 aliphatic carbocycles. The number of aryl methyl sites for hydroxylation is 2. The second-order valence-electron chi connectivity index (χ2n) is 5.10. The third-order valence-corrected chi connectivity index (χ3v) is 3.29. The molecule has 3 aromatic rings. The molecule has 0 aliphatic rings. The first-order valence-corrected chi connectivity index (χ1v) is 6.72. The van der Waals surface area contributed by atoms with Crippen LogP contribution in [-0.2, 0) is 6.54 Å². The topological polar surface area (TPSA) is 55.4 Å². The summed E-state index contributed by atoms with van der Waals surface area (Å²) in [6, 6.07) is 6.11. The maximum Gasteiger partial charge on any atom is 0.155 e. The Hall–Kier alpha value is -2.14. The van der Waals surface area contributed by atoms with E-state index in [1.54, 1.807) is 0 Å². The zero-order chi connectivity index (χ0) is 14.1. The summed E-state index contributed by atoms with van der Waals surface area (Å²) in [5.41, 5.74) is 2.94. The fraction of sp³-hybridized carbons (Fsp3) is 0.333. The molecule has 0 saturated carbocycles. The van der Waals surface area contributed by atoms with Crippen molar-refractivity contribution in [2.75, 3.05) is 0 Å². The molecule has 1 atom stereocenters. The maximum absolute atomic E-state index is 5.61. The van der Waals surface area contributed by atoms with Crippen molar-refractivity contribution in [1.82, 2.24) is 19.9 Å². The van der Waals surface area contributed by atoms with Crippen molar-refractivity contribution in [2.45, 2.75) is 33.4 Å². The molecule has 3 heterocycles. The molecule has 0 fully saturated rings. The molecule has 5 heteroatoms. The number of fused-ring (bicyclic) bond motifs is 1. The Morgan fingerprint density at radius 2 is 2.20 bits per heavy atom. The first-order chi connectivity index (χ1) is 9.61. The van der Waals surface area contributed by atoms with Crippen molar-refractivity contribution in [1.29, 1.82) is 0 Å². The van der Waals surface area contributed by atoms with Crippen molar-refractivity contribution in [3.05, 3.63) is 53.4 Å². The summed E-state index contributed by atoms with van der Waals surface area (Å²) in [6.07, 6.45) is 3.88. The molecule has 0 aromatic carbocycles. The molecule has 0 bridgehead atoms. The summed E-state index contributed by atoms with van der Waals surface area (Å²) in [6.45, 7) is 6.73. The molecule has 5 nitrogen and oxygen atoms in total. The van der Waals surface area contributed by atoms with Gasteiger partial charge in [-0.05, 0) is 32.9 Å². The van der Waals surface area contributed by atoms with Gasteiger partial charge >= 0.3 is 0 Å². The molecule has 20 heavy (non-hydrogen) atoms. The minimum atomic E-state index is 0.166. The van der Waals surface area contributed by atoms with Crippen LogP contribution in [0.1, 0.15) is 35.7 Å². The van der Waals surface area contributed by atoms with Crippen LogP contribution in [0.25, 0.3) is 5.65 Å². The molecule has 1 unspecified atom stereocenters. The molecule has 0 saturated heterocycles. The molecule has 3 aromatic heterocycles. The number of rotatable bonds is 4. The lowest BCUT2D eigenvalue weighted by Gasteiger charge is -2.11. The van der Waals surface area contributed by atoms with Crippen LogP contribution < -0.4 is 5.32 Å². The van der Waals surface area contributed by atoms with Crippen LogP contribution in [0.15, 0.2) is 35.0 Å². The molecule has 0 spiro atoms. The highest BCUT2D eigenvalue weighted by Crippen LogP contribution is 2.16. The van der Waals surface area contributed by atoms with Crippen LogP contribution >= 0.6 is 0 Å². The van der Waals surface area contributed by atoms with Gasteiger partial charge in [-0.1, -0.05) is 0 Å². The zero-order valence-electron chi connectivity index (χ0n) is 11.9. The highest BCUT2D eigenvalue weighted by Gasteiger charge is 2.09. The summed E-state index contributed by atoms with van der Waals surface area (Å²) in [4.78, 5) is 4.39. The van der Waals surface area contributed by atoms with Gasteiger partial charge in [0.25, 0.3) is 0 Å². The number of furan rings is 1. The van der Waals surface area contributed by atoms with Gasteiger partial charge in [0.1, 0.15) is 11.5 Å². The quantitative estimate of drug-likeness (QED) is 0.792. The molecule has 0 aliphatic heterocycles. The maximum atomic E-state index is 5.61. The van der Waals surface area contributed by atoms with Crippen molar-refractivity contribution < 1.29 is 4.42 Å². The van der Waals surface area contributed by atoms with Gasteiger partial charge in [0.15, 0.2) is 5.65 Å². The van der Waals surface area contributed by atoms with Crippen LogP contribution in [0.5, 0.6) is 0 Å². The van der Waals surface area contributed by atoms with Gasteiger partial charge in [0, 0.05) is 30.6 Å². The minimum Gasteiger partial charge on any atom is -0.465 e. The Morgan fingerprint density at radius 3 is 2.95 bits per heavy atom. The molecule has 0 amide bonds. The predicted octanol–water partition coefficient (Wildman–Crippen LogP) is 2.79. The molecule has 104 valence electrons. The summed E-state index contributed by atoms with van der Waals surface area (Å²) in [7, 11) is 0. The third kappa shape index (κ3) is 2.58. The Bertz CT molecular complexity index is 728. The summed E-state index contributed by atoms with van der Waals surface area (Å²) in [5, 5.41) is 7.80. The zero-order valence-corrected chi connectivity index (χ0v) is 11.9. The normalized spacial score (nSPS) is 12.9. The van der Waals surface area contributed by atoms with E-state index in [0.29, 0.717) is 0 Å². The second-order valence-corrected chi connectivity index (χ2v) is 5.10. The molecule has 0 radical (unpaired) electrons. The second kappa shape index (κ2) is 5.09. The van der Waals surface area contributed by atoms with Gasteiger partial charge in [-0.3, -0.25) is 0 Å². The van der Waals surface area contributed by atoms with Crippen LogP contribution in [0.2, 0.25) is 0 Å². The average molecular weight is 270 g/mol. The number of hydrogen-bond donors (Lipinski definition) is 1.